The van der Waals surface area contributed by atoms with E-state index in [1.807, 2.05) is 0 Å². The van der Waals surface area contributed by atoms with Crippen molar-refractivity contribution in [3.8, 4) is 0 Å². The molecule has 16 heavy (non-hydrogen) atoms. The number of nitrogens with two attached hydrogens (primary N) is 1. The summed E-state index contributed by atoms with van der Waals surface area (Å²) in [6, 6.07) is 0.432. The maximum Gasteiger partial charge on any atom is 0.159 e. The molecule has 4 N–H and O–H groups in total. The van der Waals surface area contributed by atoms with Crippen molar-refractivity contribution in [1.82, 2.24) is 14.9 Å². The molecule has 0 aliphatic carbocycles. The Balaban J connectivity index is 2.09. The van der Waals surface area contributed by atoms with Crippen LogP contribution in [0.5, 0.6) is 0 Å². The summed E-state index contributed by atoms with van der Waals surface area (Å²) in [7, 11) is 2.11. The van der Waals surface area contributed by atoms with Crippen LogP contribution in [0.15, 0.2) is 10.8 Å². The Morgan fingerprint density at radius 1 is 1.50 bits per heavy atom. The van der Waals surface area contributed by atoms with Gasteiger partial charge in [-0.05, 0) is 35.9 Å². The van der Waals surface area contributed by atoms with Crippen molar-refractivity contribution >= 4 is 27.6 Å². The molecule has 0 spiro atoms. The zero-order valence-electron chi connectivity index (χ0n) is 9.07. The van der Waals surface area contributed by atoms with Gasteiger partial charge in [0.1, 0.15) is 16.6 Å². The summed E-state index contributed by atoms with van der Waals surface area (Å²) >= 11 is 3.42. The third-order valence-corrected chi connectivity index (χ3v) is 3.41. The van der Waals surface area contributed by atoms with Gasteiger partial charge in [0.05, 0.1) is 0 Å². The van der Waals surface area contributed by atoms with Crippen molar-refractivity contribution in [1.29, 1.82) is 0 Å². The molecule has 88 valence electrons. The topological polar surface area (TPSA) is 79.1 Å². The molecular weight excluding hydrogens is 272 g/mol. The molecule has 2 heterocycles. The van der Waals surface area contributed by atoms with Crippen LogP contribution in [0.25, 0.3) is 0 Å². The fraction of sp³-hybridized carbons (Fsp3) is 0.556. The van der Waals surface area contributed by atoms with Gasteiger partial charge in [-0.15, -0.1) is 0 Å². The fourth-order valence-electron chi connectivity index (χ4n) is 1.82. The van der Waals surface area contributed by atoms with Crippen LogP contribution in [-0.2, 0) is 0 Å². The van der Waals surface area contributed by atoms with E-state index in [1.54, 1.807) is 0 Å². The Bertz CT molecular complexity index is 371. The van der Waals surface area contributed by atoms with Crippen LogP contribution in [0.2, 0.25) is 0 Å². The van der Waals surface area contributed by atoms with Crippen LogP contribution >= 0.6 is 15.9 Å². The van der Waals surface area contributed by atoms with Gasteiger partial charge in [0.25, 0.3) is 0 Å². The maximum absolute atomic E-state index is 5.34. The first kappa shape index (κ1) is 11.6. The van der Waals surface area contributed by atoms with Crippen molar-refractivity contribution in [3.05, 3.63) is 10.8 Å². The molecule has 6 nitrogen and oxygen atoms in total. The van der Waals surface area contributed by atoms with Gasteiger partial charge in [0, 0.05) is 12.6 Å². The van der Waals surface area contributed by atoms with E-state index in [2.05, 4.69) is 48.6 Å². The predicted octanol–water partition coefficient (Wildman–Crippen LogP) is 0.641. The molecule has 0 radical (unpaired) electrons. The minimum atomic E-state index is 0.432. The minimum Gasteiger partial charge on any atom is -0.365 e. The van der Waals surface area contributed by atoms with Crippen LogP contribution in [0.3, 0.4) is 0 Å². The molecule has 1 saturated heterocycles. The summed E-state index contributed by atoms with van der Waals surface area (Å²) in [5, 5.41) is 3.38. The molecule has 2 rings (SSSR count). The number of hydrogen-bond acceptors (Lipinski definition) is 6. The zero-order valence-corrected chi connectivity index (χ0v) is 10.7. The average molecular weight is 287 g/mol. The van der Waals surface area contributed by atoms with Crippen LogP contribution in [-0.4, -0.2) is 41.0 Å². The molecule has 0 amide bonds. The second-order valence-electron chi connectivity index (χ2n) is 3.92. The molecule has 0 aromatic carbocycles. The molecule has 1 aliphatic heterocycles. The number of likely N-dealkylation sites (tertiary alicyclic amines) is 1. The Hall–Kier alpha value is -0.920. The number of hydrogen-bond donors (Lipinski definition) is 3. The summed E-state index contributed by atoms with van der Waals surface area (Å²) < 4.78 is 0.770. The van der Waals surface area contributed by atoms with E-state index in [0.717, 1.165) is 29.8 Å². The van der Waals surface area contributed by atoms with E-state index in [-0.39, 0.29) is 0 Å². The monoisotopic (exact) mass is 286 g/mol. The summed E-state index contributed by atoms with van der Waals surface area (Å²) in [6.45, 7) is 2.14. The normalized spacial score (nSPS) is 21.1. The molecule has 0 saturated carbocycles. The Morgan fingerprint density at radius 3 is 2.88 bits per heavy atom. The lowest BCUT2D eigenvalue weighted by atomic mass is 10.2. The third kappa shape index (κ3) is 2.42. The van der Waals surface area contributed by atoms with E-state index < -0.39 is 0 Å². The summed E-state index contributed by atoms with van der Waals surface area (Å²) in [6.07, 6.45) is 2.61. The lowest BCUT2D eigenvalue weighted by Gasteiger charge is -2.15. The Morgan fingerprint density at radius 2 is 2.25 bits per heavy atom. The lowest BCUT2D eigenvalue weighted by molar-refractivity contribution is 0.414. The number of nitrogen functional groups attached to an aromatic ring is 1. The van der Waals surface area contributed by atoms with Gasteiger partial charge in [-0.2, -0.15) is 0 Å². The number of nitrogens with zero attached hydrogens (tertiary/aromatic N) is 3. The summed E-state index contributed by atoms with van der Waals surface area (Å²) in [5.41, 5.74) is 2.52. The summed E-state index contributed by atoms with van der Waals surface area (Å²) in [5.74, 6) is 6.71. The number of anilines is 2. The molecule has 1 atom stereocenters. The van der Waals surface area contributed by atoms with Crippen molar-refractivity contribution in [3.63, 3.8) is 0 Å². The number of rotatable bonds is 3. The highest BCUT2D eigenvalue weighted by molar-refractivity contribution is 9.10. The van der Waals surface area contributed by atoms with Crippen molar-refractivity contribution in [2.75, 3.05) is 30.9 Å². The van der Waals surface area contributed by atoms with E-state index >= 15 is 0 Å². The predicted molar refractivity (Wildman–Crippen MR) is 67.1 cm³/mol. The Kier molecular flexibility index (Phi) is 3.57. The number of halogens is 1. The van der Waals surface area contributed by atoms with Gasteiger partial charge in [0.15, 0.2) is 5.82 Å². The number of hydrazine groups is 1. The smallest absolute Gasteiger partial charge is 0.159 e. The highest BCUT2D eigenvalue weighted by Gasteiger charge is 2.20. The lowest BCUT2D eigenvalue weighted by Crippen LogP contribution is -2.24. The maximum atomic E-state index is 5.34. The van der Waals surface area contributed by atoms with Crippen LogP contribution in [0.1, 0.15) is 6.42 Å². The van der Waals surface area contributed by atoms with Gasteiger partial charge in [-0.3, -0.25) is 0 Å². The van der Waals surface area contributed by atoms with Gasteiger partial charge in [-0.25, -0.2) is 15.8 Å². The molecule has 1 aromatic heterocycles. The quantitative estimate of drug-likeness (QED) is 0.559. The van der Waals surface area contributed by atoms with E-state index in [4.69, 9.17) is 5.84 Å². The van der Waals surface area contributed by atoms with Crippen LogP contribution in [0.4, 0.5) is 11.6 Å². The SMILES string of the molecule is CN1CCC(Nc2ncnc(NN)c2Br)C1. The fourth-order valence-corrected chi connectivity index (χ4v) is 2.25. The van der Waals surface area contributed by atoms with Gasteiger partial charge in [-0.1, -0.05) is 0 Å². The zero-order chi connectivity index (χ0) is 11.5. The first-order valence-corrected chi connectivity index (χ1v) is 5.92. The molecule has 1 aromatic rings. The molecule has 0 bridgehead atoms. The summed E-state index contributed by atoms with van der Waals surface area (Å²) in [4.78, 5) is 10.5. The van der Waals surface area contributed by atoms with Crippen LogP contribution in [0, 0.1) is 0 Å². The molecule has 1 aliphatic rings. The van der Waals surface area contributed by atoms with Gasteiger partial charge < -0.3 is 15.6 Å². The average Bonchev–Trinajstić information content (AvgIpc) is 2.67. The van der Waals surface area contributed by atoms with E-state index in [9.17, 15) is 0 Å². The standard InChI is InChI=1S/C9H15BrN6/c1-16-3-2-6(4-16)14-8-7(10)9(15-11)13-5-12-8/h5-6H,2-4,11H2,1H3,(H2,12,13,14,15). The minimum absolute atomic E-state index is 0.432. The Labute approximate surface area is 103 Å². The van der Waals surface area contributed by atoms with E-state index in [0.29, 0.717) is 11.9 Å². The number of aromatic nitrogens is 2. The van der Waals surface area contributed by atoms with E-state index in [1.165, 1.54) is 6.33 Å². The van der Waals surface area contributed by atoms with Crippen molar-refractivity contribution < 1.29 is 0 Å². The van der Waals surface area contributed by atoms with Crippen molar-refractivity contribution in [2.24, 2.45) is 5.84 Å². The number of likely N-dealkylation sites (N-methyl/N-ethyl adjacent to an activating group) is 1. The third-order valence-electron chi connectivity index (χ3n) is 2.66. The van der Waals surface area contributed by atoms with Crippen molar-refractivity contribution in [2.45, 2.75) is 12.5 Å². The highest BCUT2D eigenvalue weighted by atomic mass is 79.9. The highest BCUT2D eigenvalue weighted by Crippen LogP contribution is 2.27. The van der Waals surface area contributed by atoms with Gasteiger partial charge >= 0.3 is 0 Å². The second kappa shape index (κ2) is 4.94. The molecule has 7 heteroatoms. The number of nitrogens with one attached hydrogen (secondary N) is 2. The largest absolute Gasteiger partial charge is 0.365 e. The van der Waals surface area contributed by atoms with Crippen LogP contribution < -0.4 is 16.6 Å². The van der Waals surface area contributed by atoms with Gasteiger partial charge in [0.2, 0.25) is 0 Å². The molecule has 1 fully saturated rings. The first-order chi connectivity index (χ1) is 7.70. The second-order valence-corrected chi connectivity index (χ2v) is 4.71. The first-order valence-electron chi connectivity index (χ1n) is 5.13. The molecular formula is C9H15BrN6. The molecule has 1 unspecified atom stereocenters.